The van der Waals surface area contributed by atoms with Crippen LogP contribution >= 0.6 is 0 Å². The maximum atomic E-state index is 9.50. The number of rotatable bonds is 3. The Kier molecular flexibility index (Phi) is 3.69. The van der Waals surface area contributed by atoms with E-state index in [1.165, 1.54) is 19.3 Å². The zero-order chi connectivity index (χ0) is 13.9. The van der Waals surface area contributed by atoms with Gasteiger partial charge in [0.2, 0.25) is 0 Å². The lowest BCUT2D eigenvalue weighted by atomic mass is 9.86. The molecule has 5 heteroatoms. The minimum absolute atomic E-state index is 0.0794. The van der Waals surface area contributed by atoms with Gasteiger partial charge in [-0.15, -0.1) is 5.10 Å². The first-order valence-corrected chi connectivity index (χ1v) is 7.14. The van der Waals surface area contributed by atoms with Gasteiger partial charge in [-0.1, -0.05) is 24.5 Å². The summed E-state index contributed by atoms with van der Waals surface area (Å²) in [6, 6.07) is 6.91. The first-order chi connectivity index (χ1) is 9.79. The molecule has 106 valence electrons. The molecule has 1 fully saturated rings. The van der Waals surface area contributed by atoms with E-state index in [1.807, 2.05) is 12.1 Å². The molecular formula is C15H19N3O2. The second kappa shape index (κ2) is 5.63. The fraction of sp³-hybridized carbons (Fsp3) is 0.467. The van der Waals surface area contributed by atoms with Gasteiger partial charge in [0.1, 0.15) is 11.4 Å². The molecule has 1 saturated carbocycles. The molecule has 1 aliphatic carbocycles. The molecule has 0 amide bonds. The maximum absolute atomic E-state index is 9.50. The summed E-state index contributed by atoms with van der Waals surface area (Å²) in [6.45, 7) is -0.0794. The van der Waals surface area contributed by atoms with Gasteiger partial charge in [-0.2, -0.15) is 0 Å². The van der Waals surface area contributed by atoms with Crippen LogP contribution in [-0.4, -0.2) is 25.2 Å². The third-order valence-electron chi connectivity index (χ3n) is 4.01. The molecule has 5 nitrogen and oxygen atoms in total. The van der Waals surface area contributed by atoms with Gasteiger partial charge in [0.15, 0.2) is 0 Å². The quantitative estimate of drug-likeness (QED) is 0.901. The second-order valence-corrected chi connectivity index (χ2v) is 5.34. The number of aliphatic hydroxyl groups is 1. The third-order valence-corrected chi connectivity index (χ3v) is 4.01. The first-order valence-electron chi connectivity index (χ1n) is 7.14. The summed E-state index contributed by atoms with van der Waals surface area (Å²) in [5, 5.41) is 27.2. The van der Waals surface area contributed by atoms with Gasteiger partial charge < -0.3 is 10.2 Å². The monoisotopic (exact) mass is 273 g/mol. The van der Waals surface area contributed by atoms with Gasteiger partial charge in [0.05, 0.1) is 18.0 Å². The number of phenols is 1. The van der Waals surface area contributed by atoms with E-state index in [2.05, 4.69) is 10.3 Å². The van der Waals surface area contributed by atoms with Crippen LogP contribution in [0.4, 0.5) is 0 Å². The van der Waals surface area contributed by atoms with Crippen LogP contribution < -0.4 is 0 Å². The van der Waals surface area contributed by atoms with Crippen molar-refractivity contribution >= 4 is 0 Å². The molecular weight excluding hydrogens is 254 g/mol. The van der Waals surface area contributed by atoms with Gasteiger partial charge in [-0.3, -0.25) is 0 Å². The Bertz CT molecular complexity index is 571. The highest BCUT2D eigenvalue weighted by atomic mass is 16.3. The summed E-state index contributed by atoms with van der Waals surface area (Å²) in [6.07, 6.45) is 5.97. The molecule has 2 N–H and O–H groups in total. The molecule has 1 aromatic heterocycles. The summed E-state index contributed by atoms with van der Waals surface area (Å²) in [5.41, 5.74) is 2.57. The lowest BCUT2D eigenvalue weighted by Crippen LogP contribution is -2.12. The van der Waals surface area contributed by atoms with E-state index < -0.39 is 0 Å². The number of hydrogen-bond donors (Lipinski definition) is 2. The molecule has 0 saturated heterocycles. The van der Waals surface area contributed by atoms with Crippen LogP contribution in [0.2, 0.25) is 0 Å². The van der Waals surface area contributed by atoms with Crippen molar-refractivity contribution in [2.24, 2.45) is 0 Å². The van der Waals surface area contributed by atoms with Gasteiger partial charge in [0, 0.05) is 5.92 Å². The smallest absolute Gasteiger partial charge is 0.115 e. The number of aromatic hydroxyl groups is 1. The summed E-state index contributed by atoms with van der Waals surface area (Å²) < 4.78 is 1.81. The summed E-state index contributed by atoms with van der Waals surface area (Å²) in [4.78, 5) is 0. The summed E-state index contributed by atoms with van der Waals surface area (Å²) in [7, 11) is 0. The summed E-state index contributed by atoms with van der Waals surface area (Å²) >= 11 is 0. The van der Waals surface area contributed by atoms with Gasteiger partial charge in [0.25, 0.3) is 0 Å². The molecule has 1 aromatic carbocycles. The highest BCUT2D eigenvalue weighted by Crippen LogP contribution is 2.35. The van der Waals surface area contributed by atoms with E-state index in [0.29, 0.717) is 11.6 Å². The van der Waals surface area contributed by atoms with Gasteiger partial charge >= 0.3 is 0 Å². The van der Waals surface area contributed by atoms with Crippen LogP contribution in [0.25, 0.3) is 5.69 Å². The zero-order valence-corrected chi connectivity index (χ0v) is 11.4. The van der Waals surface area contributed by atoms with E-state index in [4.69, 9.17) is 0 Å². The molecule has 0 atom stereocenters. The lowest BCUT2D eigenvalue weighted by Gasteiger charge is -2.23. The van der Waals surface area contributed by atoms with Crippen LogP contribution in [0.15, 0.2) is 24.3 Å². The number of nitrogens with zero attached hydrogens (tertiary/aromatic N) is 3. The molecule has 2 aromatic rings. The second-order valence-electron chi connectivity index (χ2n) is 5.34. The van der Waals surface area contributed by atoms with E-state index in [1.54, 1.807) is 16.8 Å². The number of hydrogen-bond acceptors (Lipinski definition) is 4. The topological polar surface area (TPSA) is 71.2 Å². The molecule has 3 rings (SSSR count). The predicted molar refractivity (Wildman–Crippen MR) is 74.8 cm³/mol. The largest absolute Gasteiger partial charge is 0.508 e. The number of aromatic nitrogens is 3. The van der Waals surface area contributed by atoms with Crippen molar-refractivity contribution in [3.8, 4) is 11.4 Å². The Hall–Kier alpha value is -1.88. The van der Waals surface area contributed by atoms with E-state index in [9.17, 15) is 10.2 Å². The van der Waals surface area contributed by atoms with Crippen LogP contribution in [0.1, 0.15) is 49.4 Å². The number of phenolic OH excluding ortho intramolecular Hbond substituents is 1. The average molecular weight is 273 g/mol. The summed E-state index contributed by atoms with van der Waals surface area (Å²) in [5.74, 6) is 0.644. The minimum Gasteiger partial charge on any atom is -0.508 e. The normalized spacial score (nSPS) is 16.4. The number of aliphatic hydroxyl groups excluding tert-OH is 1. The average Bonchev–Trinajstić information content (AvgIpc) is 2.93. The number of benzene rings is 1. The van der Waals surface area contributed by atoms with Crippen molar-refractivity contribution in [1.29, 1.82) is 0 Å². The third kappa shape index (κ3) is 2.41. The molecule has 1 aliphatic rings. The Labute approximate surface area is 117 Å². The van der Waals surface area contributed by atoms with E-state index in [0.717, 1.165) is 24.2 Å². The highest BCUT2D eigenvalue weighted by molar-refractivity contribution is 5.38. The first kappa shape index (κ1) is 13.1. The van der Waals surface area contributed by atoms with Crippen molar-refractivity contribution < 1.29 is 10.2 Å². The molecule has 0 bridgehead atoms. The van der Waals surface area contributed by atoms with Gasteiger partial charge in [-0.05, 0) is 37.1 Å². The Morgan fingerprint density at radius 2 is 1.80 bits per heavy atom. The fourth-order valence-electron chi connectivity index (χ4n) is 3.00. The fourth-order valence-corrected chi connectivity index (χ4v) is 3.00. The maximum Gasteiger partial charge on any atom is 0.115 e. The SMILES string of the molecule is OCc1nnn(-c2ccc(O)cc2)c1C1CCCCC1. The Morgan fingerprint density at radius 3 is 2.45 bits per heavy atom. The van der Waals surface area contributed by atoms with E-state index in [-0.39, 0.29) is 12.4 Å². The van der Waals surface area contributed by atoms with E-state index >= 15 is 0 Å². The molecule has 0 spiro atoms. The van der Waals surface area contributed by atoms with Crippen LogP contribution in [0.5, 0.6) is 5.75 Å². The highest BCUT2D eigenvalue weighted by Gasteiger charge is 2.24. The Morgan fingerprint density at radius 1 is 1.10 bits per heavy atom. The Balaban J connectivity index is 2.02. The van der Waals surface area contributed by atoms with Crippen LogP contribution in [0.3, 0.4) is 0 Å². The zero-order valence-electron chi connectivity index (χ0n) is 11.4. The molecule has 0 radical (unpaired) electrons. The molecule has 20 heavy (non-hydrogen) atoms. The minimum atomic E-state index is -0.0794. The van der Waals surface area contributed by atoms with Crippen LogP contribution in [0, 0.1) is 0 Å². The van der Waals surface area contributed by atoms with Crippen molar-refractivity contribution in [2.45, 2.75) is 44.6 Å². The van der Waals surface area contributed by atoms with Crippen molar-refractivity contribution in [3.05, 3.63) is 35.7 Å². The van der Waals surface area contributed by atoms with Gasteiger partial charge in [-0.25, -0.2) is 4.68 Å². The van der Waals surface area contributed by atoms with Crippen LogP contribution in [-0.2, 0) is 6.61 Å². The van der Waals surface area contributed by atoms with Crippen molar-refractivity contribution in [2.75, 3.05) is 0 Å². The van der Waals surface area contributed by atoms with Crippen molar-refractivity contribution in [3.63, 3.8) is 0 Å². The van der Waals surface area contributed by atoms with Crippen molar-refractivity contribution in [1.82, 2.24) is 15.0 Å². The lowest BCUT2D eigenvalue weighted by molar-refractivity contribution is 0.273. The molecule has 1 heterocycles. The standard InChI is InChI=1S/C15H19N3O2/c19-10-14-15(11-4-2-1-3-5-11)18(17-16-14)12-6-8-13(20)9-7-12/h6-9,11,19-20H,1-5,10H2. The molecule has 0 unspecified atom stereocenters. The molecule has 0 aliphatic heterocycles. The predicted octanol–water partition coefficient (Wildman–Crippen LogP) is 2.51.